The van der Waals surface area contributed by atoms with Gasteiger partial charge in [-0.25, -0.2) is 15.0 Å². The molecule has 26 heavy (non-hydrogen) atoms. The van der Waals surface area contributed by atoms with Crippen molar-refractivity contribution in [3.63, 3.8) is 0 Å². The summed E-state index contributed by atoms with van der Waals surface area (Å²) in [4.78, 5) is 13.7. The Bertz CT molecular complexity index is 942. The van der Waals surface area contributed by atoms with E-state index >= 15 is 0 Å². The number of halogens is 1. The van der Waals surface area contributed by atoms with Crippen LogP contribution in [0.3, 0.4) is 0 Å². The third kappa shape index (κ3) is 3.08. The maximum atomic E-state index is 6.22. The van der Waals surface area contributed by atoms with Crippen LogP contribution in [0.25, 0.3) is 11.2 Å². The molecule has 1 N–H and O–H groups in total. The number of thioether (sulfide) groups is 1. The van der Waals surface area contributed by atoms with Crippen LogP contribution in [0.15, 0.2) is 29.7 Å². The van der Waals surface area contributed by atoms with Crippen LogP contribution in [-0.2, 0) is 4.74 Å². The summed E-state index contributed by atoms with van der Waals surface area (Å²) in [6, 6.07) is 5.52. The first-order chi connectivity index (χ1) is 12.7. The van der Waals surface area contributed by atoms with Crippen LogP contribution in [0.2, 0.25) is 5.02 Å². The number of benzene rings is 1. The van der Waals surface area contributed by atoms with Gasteiger partial charge in [0.1, 0.15) is 6.23 Å². The second-order valence-corrected chi connectivity index (χ2v) is 6.98. The van der Waals surface area contributed by atoms with Gasteiger partial charge in [-0.2, -0.15) is 0 Å². The third-order valence-electron chi connectivity index (χ3n) is 4.22. The Labute approximate surface area is 160 Å². The molecule has 2 aromatic heterocycles. The van der Waals surface area contributed by atoms with Crippen molar-refractivity contribution >= 4 is 46.0 Å². The number of nitrogens with zero attached hydrogens (tertiary/aromatic N) is 4. The lowest BCUT2D eigenvalue weighted by Gasteiger charge is -2.14. The lowest BCUT2D eigenvalue weighted by molar-refractivity contribution is 0.0592. The quantitative estimate of drug-likeness (QED) is 0.514. The van der Waals surface area contributed by atoms with Crippen LogP contribution >= 0.6 is 23.4 Å². The van der Waals surface area contributed by atoms with E-state index in [1.165, 1.54) is 11.8 Å². The molecule has 1 aliphatic heterocycles. The standard InChI is InChI=1S/C17H18ClN5O2S/c1-24-14-10(18)5-3-6-11(14)20-15-13-16(22-17(21-15)26-2)23(9-19-13)12-7-4-8-25-12/h3,5-6,9,12H,4,7-8H2,1-2H3,(H,20,21,22). The van der Waals surface area contributed by atoms with E-state index in [4.69, 9.17) is 21.1 Å². The smallest absolute Gasteiger partial charge is 0.191 e. The average Bonchev–Trinajstić information content (AvgIpc) is 3.31. The van der Waals surface area contributed by atoms with E-state index in [-0.39, 0.29) is 6.23 Å². The predicted molar refractivity (Wildman–Crippen MR) is 103 cm³/mol. The first-order valence-electron chi connectivity index (χ1n) is 8.21. The highest BCUT2D eigenvalue weighted by Gasteiger charge is 2.22. The van der Waals surface area contributed by atoms with Crippen LogP contribution in [-0.4, -0.2) is 39.5 Å². The summed E-state index contributed by atoms with van der Waals surface area (Å²) in [5.74, 6) is 1.17. The first-order valence-corrected chi connectivity index (χ1v) is 9.81. The predicted octanol–water partition coefficient (Wildman–Crippen LogP) is 4.26. The molecule has 1 saturated heterocycles. The molecule has 1 aromatic carbocycles. The number of nitrogens with one attached hydrogen (secondary N) is 1. The van der Waals surface area contributed by atoms with Crippen molar-refractivity contribution in [1.82, 2.24) is 19.5 Å². The van der Waals surface area contributed by atoms with E-state index in [0.717, 1.165) is 30.8 Å². The topological polar surface area (TPSA) is 74.1 Å². The molecule has 0 amide bonds. The minimum atomic E-state index is -0.0295. The minimum absolute atomic E-state index is 0.0295. The lowest BCUT2D eigenvalue weighted by atomic mass is 10.3. The van der Waals surface area contributed by atoms with Gasteiger partial charge >= 0.3 is 0 Å². The Kier molecular flexibility index (Phi) is 4.88. The van der Waals surface area contributed by atoms with Gasteiger partial charge in [0.2, 0.25) is 0 Å². The van der Waals surface area contributed by atoms with Crippen molar-refractivity contribution in [2.75, 3.05) is 25.3 Å². The molecule has 0 spiro atoms. The molecule has 4 rings (SSSR count). The number of anilines is 2. The molecule has 1 aliphatic rings. The summed E-state index contributed by atoms with van der Waals surface area (Å²) in [6.45, 7) is 0.760. The van der Waals surface area contributed by atoms with Crippen LogP contribution in [0, 0.1) is 0 Å². The van der Waals surface area contributed by atoms with Gasteiger partial charge in [-0.15, -0.1) is 0 Å². The Morgan fingerprint density at radius 2 is 2.27 bits per heavy atom. The van der Waals surface area contributed by atoms with E-state index in [0.29, 0.717) is 27.3 Å². The van der Waals surface area contributed by atoms with Gasteiger partial charge in [-0.3, -0.25) is 4.57 Å². The number of fused-ring (bicyclic) bond motifs is 1. The highest BCUT2D eigenvalue weighted by Crippen LogP contribution is 2.36. The van der Waals surface area contributed by atoms with Crippen LogP contribution in [0.1, 0.15) is 19.1 Å². The molecule has 0 aliphatic carbocycles. The Hall–Kier alpha value is -2.03. The zero-order chi connectivity index (χ0) is 18.1. The minimum Gasteiger partial charge on any atom is -0.493 e. The van der Waals surface area contributed by atoms with E-state index in [2.05, 4.69) is 20.3 Å². The number of hydrogen-bond acceptors (Lipinski definition) is 7. The Morgan fingerprint density at radius 3 is 3.00 bits per heavy atom. The number of hydrogen-bond donors (Lipinski definition) is 1. The average molecular weight is 392 g/mol. The molecular formula is C17H18ClN5O2S. The summed E-state index contributed by atoms with van der Waals surface area (Å²) in [5, 5.41) is 4.47. The maximum Gasteiger partial charge on any atom is 0.191 e. The van der Waals surface area contributed by atoms with Crippen molar-refractivity contribution in [1.29, 1.82) is 0 Å². The Morgan fingerprint density at radius 1 is 1.38 bits per heavy atom. The molecule has 0 bridgehead atoms. The van der Waals surface area contributed by atoms with Gasteiger partial charge in [-0.05, 0) is 31.2 Å². The second kappa shape index (κ2) is 7.30. The van der Waals surface area contributed by atoms with Crippen molar-refractivity contribution in [3.8, 4) is 5.75 Å². The fraction of sp³-hybridized carbons (Fsp3) is 0.353. The highest BCUT2D eigenvalue weighted by atomic mass is 35.5. The van der Waals surface area contributed by atoms with Gasteiger partial charge in [0.25, 0.3) is 0 Å². The normalized spacial score (nSPS) is 17.0. The lowest BCUT2D eigenvalue weighted by Crippen LogP contribution is -2.07. The number of ether oxygens (including phenoxy) is 2. The molecule has 0 saturated carbocycles. The molecule has 7 nitrogen and oxygen atoms in total. The second-order valence-electron chi connectivity index (χ2n) is 5.80. The molecular weight excluding hydrogens is 374 g/mol. The van der Waals surface area contributed by atoms with Gasteiger partial charge in [0.15, 0.2) is 27.9 Å². The Balaban J connectivity index is 1.81. The summed E-state index contributed by atoms with van der Waals surface area (Å²) in [7, 11) is 1.58. The van der Waals surface area contributed by atoms with Crippen molar-refractivity contribution < 1.29 is 9.47 Å². The molecule has 1 unspecified atom stereocenters. The third-order valence-corrected chi connectivity index (χ3v) is 5.07. The molecule has 1 atom stereocenters. The van der Waals surface area contributed by atoms with Crippen molar-refractivity contribution in [3.05, 3.63) is 29.5 Å². The maximum absolute atomic E-state index is 6.22. The van der Waals surface area contributed by atoms with Crippen molar-refractivity contribution in [2.45, 2.75) is 24.2 Å². The fourth-order valence-corrected chi connectivity index (χ4v) is 3.62. The van der Waals surface area contributed by atoms with Crippen LogP contribution in [0.5, 0.6) is 5.75 Å². The van der Waals surface area contributed by atoms with Gasteiger partial charge in [0, 0.05) is 6.61 Å². The van der Waals surface area contributed by atoms with E-state index in [9.17, 15) is 0 Å². The summed E-state index contributed by atoms with van der Waals surface area (Å²) >= 11 is 7.70. The fourth-order valence-electron chi connectivity index (χ4n) is 3.01. The molecule has 0 radical (unpaired) electrons. The van der Waals surface area contributed by atoms with Crippen LogP contribution < -0.4 is 10.1 Å². The van der Waals surface area contributed by atoms with Gasteiger partial charge < -0.3 is 14.8 Å². The molecule has 9 heteroatoms. The number of para-hydroxylation sites is 1. The van der Waals surface area contributed by atoms with Gasteiger partial charge in [-0.1, -0.05) is 29.4 Å². The summed E-state index contributed by atoms with van der Waals surface area (Å²) in [5.41, 5.74) is 2.15. The number of rotatable bonds is 5. The number of aromatic nitrogens is 4. The van der Waals surface area contributed by atoms with E-state index in [1.54, 1.807) is 19.5 Å². The van der Waals surface area contributed by atoms with E-state index < -0.39 is 0 Å². The van der Waals surface area contributed by atoms with Crippen LogP contribution in [0.4, 0.5) is 11.5 Å². The van der Waals surface area contributed by atoms with Crippen molar-refractivity contribution in [2.24, 2.45) is 0 Å². The molecule has 3 heterocycles. The number of imidazole rings is 1. The molecule has 1 fully saturated rings. The molecule has 136 valence electrons. The highest BCUT2D eigenvalue weighted by molar-refractivity contribution is 7.98. The first kappa shape index (κ1) is 17.4. The SMILES string of the molecule is COc1c(Cl)cccc1Nc1nc(SC)nc2c1ncn2C1CCCO1. The summed E-state index contributed by atoms with van der Waals surface area (Å²) in [6.07, 6.45) is 5.67. The summed E-state index contributed by atoms with van der Waals surface area (Å²) < 4.78 is 13.2. The monoisotopic (exact) mass is 391 g/mol. The van der Waals surface area contributed by atoms with Gasteiger partial charge in [0.05, 0.1) is 24.1 Å². The zero-order valence-corrected chi connectivity index (χ0v) is 16.0. The molecule has 3 aromatic rings. The largest absolute Gasteiger partial charge is 0.493 e. The number of methoxy groups -OCH3 is 1. The van der Waals surface area contributed by atoms with E-state index in [1.807, 2.05) is 23.0 Å². The zero-order valence-electron chi connectivity index (χ0n) is 14.4.